The molecule has 0 unspecified atom stereocenters. The van der Waals surface area contributed by atoms with Crippen molar-refractivity contribution in [1.29, 1.82) is 0 Å². The van der Waals surface area contributed by atoms with E-state index in [1.54, 1.807) is 6.20 Å². The van der Waals surface area contributed by atoms with E-state index in [4.69, 9.17) is 44.3 Å². The number of nitrogens with zero attached hydrogens (tertiary/aromatic N) is 13. The van der Waals surface area contributed by atoms with E-state index in [0.717, 1.165) is 149 Å². The molecule has 0 N–H and O–H groups in total. The summed E-state index contributed by atoms with van der Waals surface area (Å²) < 4.78 is 20.8. The molecular formula is C105H59N13OS2. The summed E-state index contributed by atoms with van der Waals surface area (Å²) in [4.78, 5) is 45.8. The predicted molar refractivity (Wildman–Crippen MR) is 498 cm³/mol. The maximum Gasteiger partial charge on any atom is 0.235 e. The molecular weight excluding hydrogens is 1520 g/mol. The standard InChI is InChI=1S/C60H34N6OS.C45H25N7S/c1-4-18-35(19-5-1)45-33-51(62-58(61-45)36-20-6-2-7-21-36)65-46-29-15-12-24-38(46)43-32-44-50(34-48(43)65)68-57-40-26-11-10-25-39(40)55-52(53(44)57)41-27-13-16-30-47(41)66(55)60-56-54(42-28-14-17-31-49(42)67-56)63-59(64-60)37-22-8-3-9-23-37;1-2-10-26(11-3-1)33-20-23-48-45(50-33)52-36-17-7-6-14-30(36)40-27-12-4-5-13-28(27)43-41(42(40)52)32-24-31-29-15-8-22-47-44(29)51(37(31)25-38(32)53-43)39-19-18-34-35(49-39)16-9-21-46-34/h1-34H;1-25H. The van der Waals surface area contributed by atoms with Crippen molar-refractivity contribution in [3.8, 4) is 68.7 Å². The fourth-order valence-electron chi connectivity index (χ4n) is 18.8. The van der Waals surface area contributed by atoms with Gasteiger partial charge in [-0.25, -0.2) is 39.9 Å². The van der Waals surface area contributed by atoms with Crippen molar-refractivity contribution in [2.75, 3.05) is 0 Å². The zero-order chi connectivity index (χ0) is 79.1. The molecule has 0 spiro atoms. The molecule has 14 nitrogen and oxygen atoms in total. The molecule has 0 saturated heterocycles. The molecule has 0 fully saturated rings. The van der Waals surface area contributed by atoms with Crippen molar-refractivity contribution in [2.45, 2.75) is 0 Å². The SMILES string of the molecule is c1ccc(-c2cc(-n3c4ccccc4c4cc5c(cc43)sc3c4ccccc4c4c(c6ccccc6n4-c4nc(-c6ccccc6)nc6c4oc4ccccc46)c53)nc(-c3ccccc3)n2)cc1.c1ccc(-c2ccnc(-n3c4ccccc4c4c5ccccc5c5sc6cc7c(cc6c5c43)c3cccnc3n7-c3ccc4ncccc4n3)n2)cc1. The normalized spacial score (nSPS) is 12.1. The van der Waals surface area contributed by atoms with Crippen molar-refractivity contribution >= 4 is 205 Å². The molecule has 0 aliphatic rings. The van der Waals surface area contributed by atoms with Crippen LogP contribution in [0, 0.1) is 0 Å². The number of fused-ring (bicyclic) bond motifs is 30. The molecule has 16 heteroatoms. The van der Waals surface area contributed by atoms with E-state index >= 15 is 0 Å². The van der Waals surface area contributed by atoms with Crippen LogP contribution in [0.15, 0.2) is 363 Å². The summed E-state index contributed by atoms with van der Waals surface area (Å²) in [6.07, 6.45) is 5.53. The van der Waals surface area contributed by atoms with Crippen LogP contribution in [-0.4, -0.2) is 63.1 Å². The summed E-state index contributed by atoms with van der Waals surface area (Å²) in [7, 11) is 0. The Morgan fingerprint density at radius 1 is 0.264 bits per heavy atom. The Balaban J connectivity index is 0.000000135. The number of rotatable bonds is 8. The van der Waals surface area contributed by atoms with Gasteiger partial charge in [-0.15, -0.1) is 22.7 Å². The molecule has 0 amide bonds. The van der Waals surface area contributed by atoms with Gasteiger partial charge in [0, 0.05) is 152 Å². The van der Waals surface area contributed by atoms with Gasteiger partial charge in [-0.1, -0.05) is 237 Å². The van der Waals surface area contributed by atoms with Gasteiger partial charge in [0.15, 0.2) is 23.0 Å². The highest BCUT2D eigenvalue weighted by Crippen LogP contribution is 2.53. The van der Waals surface area contributed by atoms with Gasteiger partial charge in [0.1, 0.15) is 28.4 Å². The molecule has 0 saturated carbocycles. The summed E-state index contributed by atoms with van der Waals surface area (Å²) in [5.74, 6) is 4.31. The Kier molecular flexibility index (Phi) is 14.6. The van der Waals surface area contributed by atoms with Gasteiger partial charge < -0.3 is 4.42 Å². The minimum atomic E-state index is 0.645. The fourth-order valence-corrected chi connectivity index (χ4v) is 21.3. The Hall–Kier alpha value is -16.0. The first-order valence-corrected chi connectivity index (χ1v) is 41.9. The number of hydrogen-bond donors (Lipinski definition) is 0. The fraction of sp³-hybridized carbons (Fsp3) is 0. The van der Waals surface area contributed by atoms with Gasteiger partial charge >= 0.3 is 0 Å². The number of aromatic nitrogens is 13. The van der Waals surface area contributed by atoms with E-state index in [2.05, 4.69) is 248 Å². The Labute approximate surface area is 694 Å². The van der Waals surface area contributed by atoms with Crippen molar-refractivity contribution in [3.63, 3.8) is 0 Å². The van der Waals surface area contributed by atoms with E-state index in [9.17, 15) is 0 Å². The summed E-state index contributed by atoms with van der Waals surface area (Å²) in [5, 5.41) is 19.8. The quantitative estimate of drug-likeness (QED) is 0.144. The largest absolute Gasteiger partial charge is 0.450 e. The first-order valence-electron chi connectivity index (χ1n) is 40.2. The Bertz CT molecular complexity index is 9000. The lowest BCUT2D eigenvalue weighted by Gasteiger charge is -2.12. The molecule has 0 atom stereocenters. The average Bonchev–Trinajstić information content (AvgIpc) is 1.53. The Morgan fingerprint density at radius 3 is 1.52 bits per heavy atom. The number of thiophene rings is 2. The van der Waals surface area contributed by atoms with Crippen LogP contribution in [0.4, 0.5) is 0 Å². The monoisotopic (exact) mass is 1580 g/mol. The molecule has 0 radical (unpaired) electrons. The molecule has 562 valence electrons. The van der Waals surface area contributed by atoms with Crippen molar-refractivity contribution in [1.82, 2.24) is 63.1 Å². The summed E-state index contributed by atoms with van der Waals surface area (Å²) in [6, 6.07) is 119. The molecule has 27 aromatic rings. The molecule has 14 aromatic carbocycles. The minimum absolute atomic E-state index is 0.645. The second-order valence-electron chi connectivity index (χ2n) is 30.6. The van der Waals surface area contributed by atoms with Crippen LogP contribution in [0.1, 0.15) is 0 Å². The first-order chi connectivity index (χ1) is 60.0. The van der Waals surface area contributed by atoms with Crippen LogP contribution in [-0.2, 0) is 0 Å². The minimum Gasteiger partial charge on any atom is -0.450 e. The molecule has 13 aromatic heterocycles. The number of pyridine rings is 3. The lowest BCUT2D eigenvalue weighted by Crippen LogP contribution is -2.02. The van der Waals surface area contributed by atoms with Crippen LogP contribution in [0.3, 0.4) is 0 Å². The summed E-state index contributed by atoms with van der Waals surface area (Å²) >= 11 is 3.69. The van der Waals surface area contributed by atoms with Gasteiger partial charge in [0.2, 0.25) is 5.95 Å². The molecule has 121 heavy (non-hydrogen) atoms. The van der Waals surface area contributed by atoms with Crippen LogP contribution < -0.4 is 0 Å². The lowest BCUT2D eigenvalue weighted by atomic mass is 9.99. The van der Waals surface area contributed by atoms with Gasteiger partial charge in [-0.3, -0.25) is 23.3 Å². The Morgan fingerprint density at radius 2 is 0.802 bits per heavy atom. The highest BCUT2D eigenvalue weighted by Gasteiger charge is 2.30. The smallest absolute Gasteiger partial charge is 0.235 e. The van der Waals surface area contributed by atoms with Gasteiger partial charge in [-0.05, 0) is 102 Å². The zero-order valence-corrected chi connectivity index (χ0v) is 65.7. The highest BCUT2D eigenvalue weighted by molar-refractivity contribution is 7.27. The summed E-state index contributed by atoms with van der Waals surface area (Å²) in [6.45, 7) is 0. The third-order valence-electron chi connectivity index (χ3n) is 24.0. The van der Waals surface area contributed by atoms with Gasteiger partial charge in [-0.2, -0.15) is 0 Å². The van der Waals surface area contributed by atoms with Crippen molar-refractivity contribution in [3.05, 3.63) is 358 Å². The summed E-state index contributed by atoms with van der Waals surface area (Å²) in [5.41, 5.74) is 18.1. The second kappa shape index (κ2) is 26.2. The maximum absolute atomic E-state index is 6.79. The number of para-hydroxylation sites is 4. The van der Waals surface area contributed by atoms with Gasteiger partial charge in [0.05, 0.1) is 61.0 Å². The van der Waals surface area contributed by atoms with Crippen LogP contribution in [0.25, 0.3) is 251 Å². The second-order valence-corrected chi connectivity index (χ2v) is 32.8. The zero-order valence-electron chi connectivity index (χ0n) is 64.1. The molecule has 27 rings (SSSR count). The van der Waals surface area contributed by atoms with E-state index in [1.165, 1.54) is 72.7 Å². The van der Waals surface area contributed by atoms with Crippen LogP contribution >= 0.6 is 22.7 Å². The topological polar surface area (TPSA) is 149 Å². The highest BCUT2D eigenvalue weighted by atomic mass is 32.1. The van der Waals surface area contributed by atoms with Crippen molar-refractivity contribution < 1.29 is 4.42 Å². The molecule has 13 heterocycles. The predicted octanol–water partition coefficient (Wildman–Crippen LogP) is 27.1. The van der Waals surface area contributed by atoms with Crippen LogP contribution in [0.2, 0.25) is 0 Å². The molecule has 0 aliphatic carbocycles. The van der Waals surface area contributed by atoms with Crippen LogP contribution in [0.5, 0.6) is 0 Å². The average molecular weight is 1580 g/mol. The number of benzene rings is 14. The third-order valence-corrected chi connectivity index (χ3v) is 26.4. The van der Waals surface area contributed by atoms with Gasteiger partial charge in [0.25, 0.3) is 0 Å². The third kappa shape index (κ3) is 10.1. The lowest BCUT2D eigenvalue weighted by molar-refractivity contribution is 0.662. The number of furan rings is 1. The van der Waals surface area contributed by atoms with E-state index in [1.807, 2.05) is 150 Å². The van der Waals surface area contributed by atoms with E-state index in [0.29, 0.717) is 29.0 Å². The molecule has 0 bridgehead atoms. The first kappa shape index (κ1) is 67.2. The maximum atomic E-state index is 6.79. The molecule has 0 aliphatic heterocycles. The number of hydrogen-bond acceptors (Lipinski definition) is 12. The van der Waals surface area contributed by atoms with E-state index < -0.39 is 0 Å². The van der Waals surface area contributed by atoms with E-state index in [-0.39, 0.29) is 0 Å². The van der Waals surface area contributed by atoms with Crippen molar-refractivity contribution in [2.24, 2.45) is 0 Å².